The molecule has 162 valence electrons. The Morgan fingerprint density at radius 2 is 1.77 bits per heavy atom. The van der Waals surface area contributed by atoms with E-state index >= 15 is 0 Å². The van der Waals surface area contributed by atoms with Gasteiger partial charge in [-0.15, -0.1) is 0 Å². The highest BCUT2D eigenvalue weighted by Gasteiger charge is 2.11. The summed E-state index contributed by atoms with van der Waals surface area (Å²) in [5.74, 6) is 1.96. The van der Waals surface area contributed by atoms with Crippen molar-refractivity contribution in [3.05, 3.63) is 94.5 Å². The van der Waals surface area contributed by atoms with Crippen molar-refractivity contribution in [1.29, 1.82) is 0 Å². The summed E-state index contributed by atoms with van der Waals surface area (Å²) >= 11 is 0. The molecule has 1 heterocycles. The van der Waals surface area contributed by atoms with Gasteiger partial charge in [-0.2, -0.15) is 0 Å². The van der Waals surface area contributed by atoms with Crippen LogP contribution >= 0.6 is 0 Å². The first-order chi connectivity index (χ1) is 15.2. The maximum Gasteiger partial charge on any atom is 0.122 e. The first kappa shape index (κ1) is 21.5. The lowest BCUT2D eigenvalue weighted by atomic mass is 10.00. The zero-order valence-electron chi connectivity index (χ0n) is 18.8. The first-order valence-electron chi connectivity index (χ1n) is 11.3. The molecule has 0 radical (unpaired) electrons. The Labute approximate surface area is 186 Å². The van der Waals surface area contributed by atoms with Crippen molar-refractivity contribution in [2.45, 2.75) is 45.7 Å². The summed E-state index contributed by atoms with van der Waals surface area (Å²) in [5.41, 5.74) is 6.56. The third kappa shape index (κ3) is 6.11. The lowest BCUT2D eigenvalue weighted by molar-refractivity contribution is 0.243. The summed E-state index contributed by atoms with van der Waals surface area (Å²) in [7, 11) is 1.73. The van der Waals surface area contributed by atoms with Gasteiger partial charge in [0.15, 0.2) is 0 Å². The van der Waals surface area contributed by atoms with Gasteiger partial charge >= 0.3 is 0 Å². The van der Waals surface area contributed by atoms with E-state index in [4.69, 9.17) is 9.47 Å². The lowest BCUT2D eigenvalue weighted by Crippen LogP contribution is -2.24. The van der Waals surface area contributed by atoms with Crippen LogP contribution in [0.25, 0.3) is 0 Å². The highest BCUT2D eigenvalue weighted by atomic mass is 16.5. The van der Waals surface area contributed by atoms with Crippen molar-refractivity contribution >= 4 is 0 Å². The standard InChI is InChI=1S/C28H33NO2/c1-22-12-13-28-26(16-22)18-23-8-6-9-24(17-23)20-29(14-4-3-5-15-31-28)21-25-10-7-11-27(19-25)30-2/h6-13,16-17,19H,3-5,14-15,18,20-21H2,1-2H3. The summed E-state index contributed by atoms with van der Waals surface area (Å²) in [4.78, 5) is 2.55. The molecule has 2 bridgehead atoms. The van der Waals surface area contributed by atoms with Gasteiger partial charge < -0.3 is 9.47 Å². The number of hydrogen-bond donors (Lipinski definition) is 0. The van der Waals surface area contributed by atoms with Crippen LogP contribution < -0.4 is 9.47 Å². The summed E-state index contributed by atoms with van der Waals surface area (Å²) in [6.45, 7) is 5.91. The van der Waals surface area contributed by atoms with Crippen LogP contribution in [0.5, 0.6) is 11.5 Å². The van der Waals surface area contributed by atoms with Crippen LogP contribution in [0.1, 0.15) is 47.1 Å². The van der Waals surface area contributed by atoms with Gasteiger partial charge in [-0.1, -0.05) is 54.1 Å². The number of nitrogens with zero attached hydrogens (tertiary/aromatic N) is 1. The molecular weight excluding hydrogens is 382 g/mol. The van der Waals surface area contributed by atoms with Crippen LogP contribution in [0, 0.1) is 6.92 Å². The highest BCUT2D eigenvalue weighted by molar-refractivity contribution is 5.41. The van der Waals surface area contributed by atoms with E-state index < -0.39 is 0 Å². The molecule has 0 spiro atoms. The number of methoxy groups -OCH3 is 1. The molecule has 0 amide bonds. The molecule has 0 saturated carbocycles. The molecule has 0 N–H and O–H groups in total. The average molecular weight is 416 g/mol. The Kier molecular flexibility index (Phi) is 7.26. The lowest BCUT2D eigenvalue weighted by Gasteiger charge is -2.24. The van der Waals surface area contributed by atoms with Gasteiger partial charge in [0.05, 0.1) is 13.7 Å². The Morgan fingerprint density at radius 3 is 2.68 bits per heavy atom. The van der Waals surface area contributed by atoms with E-state index in [9.17, 15) is 0 Å². The van der Waals surface area contributed by atoms with Crippen LogP contribution in [0.2, 0.25) is 0 Å². The van der Waals surface area contributed by atoms with Crippen LogP contribution in [0.3, 0.4) is 0 Å². The molecule has 0 fully saturated rings. The average Bonchev–Trinajstić information content (AvgIpc) is 2.77. The molecule has 31 heavy (non-hydrogen) atoms. The van der Waals surface area contributed by atoms with Crippen molar-refractivity contribution in [2.24, 2.45) is 0 Å². The van der Waals surface area contributed by atoms with Crippen molar-refractivity contribution in [1.82, 2.24) is 4.90 Å². The van der Waals surface area contributed by atoms with Crippen molar-refractivity contribution in [3.63, 3.8) is 0 Å². The topological polar surface area (TPSA) is 21.7 Å². The van der Waals surface area contributed by atoms with E-state index in [0.717, 1.165) is 50.6 Å². The summed E-state index contributed by atoms with van der Waals surface area (Å²) in [6.07, 6.45) is 4.34. The van der Waals surface area contributed by atoms with E-state index in [1.54, 1.807) is 7.11 Å². The van der Waals surface area contributed by atoms with Crippen LogP contribution in [-0.4, -0.2) is 25.2 Å². The molecule has 3 aromatic carbocycles. The largest absolute Gasteiger partial charge is 0.497 e. The van der Waals surface area contributed by atoms with Gasteiger partial charge in [-0.3, -0.25) is 4.90 Å². The fraction of sp³-hybridized carbons (Fsp3) is 0.357. The van der Waals surface area contributed by atoms with Gasteiger partial charge in [-0.05, 0) is 73.2 Å². The molecule has 4 rings (SSSR count). The van der Waals surface area contributed by atoms with E-state index in [-0.39, 0.29) is 0 Å². The fourth-order valence-corrected chi connectivity index (χ4v) is 4.34. The van der Waals surface area contributed by atoms with Gasteiger partial charge in [0.25, 0.3) is 0 Å². The molecular formula is C28H33NO2. The fourth-order valence-electron chi connectivity index (χ4n) is 4.34. The second-order valence-electron chi connectivity index (χ2n) is 8.58. The number of rotatable bonds is 3. The van der Waals surface area contributed by atoms with Crippen LogP contribution in [-0.2, 0) is 19.5 Å². The van der Waals surface area contributed by atoms with Crippen LogP contribution in [0.4, 0.5) is 0 Å². The summed E-state index contributed by atoms with van der Waals surface area (Å²) in [6, 6.07) is 24.0. The Morgan fingerprint density at radius 1 is 0.903 bits per heavy atom. The maximum absolute atomic E-state index is 6.18. The molecule has 1 aliphatic heterocycles. The SMILES string of the molecule is COc1cccc(CN2CCCCCOc3ccc(C)cc3Cc3cccc(c3)C2)c1. The van der Waals surface area contributed by atoms with Gasteiger partial charge in [0.2, 0.25) is 0 Å². The summed E-state index contributed by atoms with van der Waals surface area (Å²) in [5, 5.41) is 0. The molecule has 0 unspecified atom stereocenters. The quantitative estimate of drug-likeness (QED) is 0.511. The van der Waals surface area contributed by atoms with Gasteiger partial charge in [0, 0.05) is 19.5 Å². The van der Waals surface area contributed by atoms with Crippen LogP contribution in [0.15, 0.2) is 66.7 Å². The molecule has 0 saturated heterocycles. The highest BCUT2D eigenvalue weighted by Crippen LogP contribution is 2.25. The zero-order valence-corrected chi connectivity index (χ0v) is 18.8. The minimum Gasteiger partial charge on any atom is -0.497 e. The molecule has 1 aliphatic rings. The number of benzene rings is 3. The zero-order chi connectivity index (χ0) is 21.5. The summed E-state index contributed by atoms with van der Waals surface area (Å²) < 4.78 is 11.6. The third-order valence-electron chi connectivity index (χ3n) is 5.92. The maximum atomic E-state index is 6.18. The number of fused-ring (bicyclic) bond motifs is 3. The molecule has 0 aliphatic carbocycles. The first-order valence-corrected chi connectivity index (χ1v) is 11.3. The van der Waals surface area contributed by atoms with E-state index in [2.05, 4.69) is 72.5 Å². The monoisotopic (exact) mass is 415 g/mol. The smallest absolute Gasteiger partial charge is 0.122 e. The number of aryl methyl sites for hydroxylation is 1. The Hall–Kier alpha value is -2.78. The van der Waals surface area contributed by atoms with Gasteiger partial charge in [-0.25, -0.2) is 0 Å². The third-order valence-corrected chi connectivity index (χ3v) is 5.92. The molecule has 0 aromatic heterocycles. The molecule has 3 heteroatoms. The van der Waals surface area contributed by atoms with E-state index in [1.807, 2.05) is 6.07 Å². The second-order valence-corrected chi connectivity index (χ2v) is 8.58. The van der Waals surface area contributed by atoms with E-state index in [1.165, 1.54) is 40.7 Å². The Bertz CT molecular complexity index is 998. The van der Waals surface area contributed by atoms with Gasteiger partial charge in [0.1, 0.15) is 11.5 Å². The van der Waals surface area contributed by atoms with Crippen molar-refractivity contribution in [3.8, 4) is 11.5 Å². The molecule has 0 atom stereocenters. The number of hydrogen-bond acceptors (Lipinski definition) is 3. The second kappa shape index (κ2) is 10.5. The van der Waals surface area contributed by atoms with E-state index in [0.29, 0.717) is 0 Å². The number of ether oxygens (including phenoxy) is 2. The van der Waals surface area contributed by atoms with Crippen molar-refractivity contribution < 1.29 is 9.47 Å². The predicted octanol–water partition coefficient (Wildman–Crippen LogP) is 6.16. The molecule has 3 nitrogen and oxygen atoms in total. The minimum atomic E-state index is 0.784. The normalized spacial score (nSPS) is 15.4. The predicted molar refractivity (Wildman–Crippen MR) is 127 cm³/mol. The Balaban J connectivity index is 1.57. The van der Waals surface area contributed by atoms with Crippen molar-refractivity contribution in [2.75, 3.05) is 20.3 Å². The molecule has 3 aromatic rings. The minimum absolute atomic E-state index is 0.784.